The fourth-order valence-electron chi connectivity index (χ4n) is 3.45. The van der Waals surface area contributed by atoms with Crippen LogP contribution in [0, 0.1) is 0 Å². The molecule has 6 heteroatoms. The van der Waals surface area contributed by atoms with Crippen molar-refractivity contribution in [2.45, 2.75) is 52.4 Å². The summed E-state index contributed by atoms with van der Waals surface area (Å²) >= 11 is 0. The van der Waals surface area contributed by atoms with Crippen molar-refractivity contribution in [2.75, 3.05) is 18.4 Å². The maximum absolute atomic E-state index is 12.6. The van der Waals surface area contributed by atoms with Crippen LogP contribution in [-0.2, 0) is 11.3 Å². The number of morpholine rings is 1. The lowest BCUT2D eigenvalue weighted by atomic mass is 10.1. The average molecular weight is 356 g/mol. The second kappa shape index (κ2) is 7.91. The molecule has 2 atom stereocenters. The van der Waals surface area contributed by atoms with Crippen LogP contribution in [0.5, 0.6) is 0 Å². The first-order valence-electron chi connectivity index (χ1n) is 9.23. The Kier molecular flexibility index (Phi) is 5.61. The number of nitrogens with zero attached hydrogens (tertiary/aromatic N) is 3. The summed E-state index contributed by atoms with van der Waals surface area (Å²) in [7, 11) is 0. The van der Waals surface area contributed by atoms with Crippen LogP contribution in [0.3, 0.4) is 0 Å². The van der Waals surface area contributed by atoms with Gasteiger partial charge in [-0.15, -0.1) is 0 Å². The zero-order valence-corrected chi connectivity index (χ0v) is 16.0. The number of amides is 2. The number of rotatable bonds is 4. The number of imidazole rings is 1. The van der Waals surface area contributed by atoms with Crippen LogP contribution in [0.4, 0.5) is 10.5 Å². The van der Waals surface area contributed by atoms with E-state index in [0.29, 0.717) is 19.0 Å². The fourth-order valence-corrected chi connectivity index (χ4v) is 3.45. The molecule has 140 valence electrons. The van der Waals surface area contributed by atoms with Gasteiger partial charge in [-0.1, -0.05) is 26.0 Å². The standard InChI is InChI=1S/C20H28N4O2/c1-14(2)19-21-8-9-23(19)13-17-6-5-7-18(10-17)22-20(25)24-11-15(3)26-16(4)12-24/h5-10,14-16H,11-13H2,1-4H3,(H,22,25). The molecule has 26 heavy (non-hydrogen) atoms. The van der Waals surface area contributed by atoms with Gasteiger partial charge >= 0.3 is 6.03 Å². The van der Waals surface area contributed by atoms with E-state index >= 15 is 0 Å². The van der Waals surface area contributed by atoms with Gasteiger partial charge in [0.15, 0.2) is 0 Å². The molecule has 1 aliphatic rings. The smallest absolute Gasteiger partial charge is 0.322 e. The van der Waals surface area contributed by atoms with Crippen molar-refractivity contribution in [2.24, 2.45) is 0 Å². The number of hydrogen-bond acceptors (Lipinski definition) is 3. The summed E-state index contributed by atoms with van der Waals surface area (Å²) < 4.78 is 7.84. The van der Waals surface area contributed by atoms with Crippen LogP contribution in [-0.4, -0.2) is 45.8 Å². The maximum Gasteiger partial charge on any atom is 0.322 e. The quantitative estimate of drug-likeness (QED) is 0.909. The molecule has 0 aliphatic carbocycles. The Morgan fingerprint density at radius 2 is 2.04 bits per heavy atom. The van der Waals surface area contributed by atoms with Gasteiger partial charge in [0.2, 0.25) is 0 Å². The van der Waals surface area contributed by atoms with E-state index in [1.807, 2.05) is 49.3 Å². The Morgan fingerprint density at radius 3 is 2.73 bits per heavy atom. The number of aromatic nitrogens is 2. The van der Waals surface area contributed by atoms with E-state index in [2.05, 4.69) is 34.8 Å². The molecule has 6 nitrogen and oxygen atoms in total. The lowest BCUT2D eigenvalue weighted by Gasteiger charge is -2.35. The Bertz CT molecular complexity index is 746. The number of anilines is 1. The zero-order chi connectivity index (χ0) is 18.7. The number of urea groups is 1. The summed E-state index contributed by atoms with van der Waals surface area (Å²) in [6, 6.07) is 7.91. The van der Waals surface area contributed by atoms with Gasteiger partial charge in [0, 0.05) is 43.6 Å². The average Bonchev–Trinajstić information content (AvgIpc) is 3.02. The molecule has 2 unspecified atom stereocenters. The molecule has 3 rings (SSSR count). The summed E-state index contributed by atoms with van der Waals surface area (Å²) in [4.78, 5) is 18.8. The first-order chi connectivity index (χ1) is 12.4. The van der Waals surface area contributed by atoms with Gasteiger partial charge < -0.3 is 19.5 Å². The molecule has 2 heterocycles. The molecule has 1 saturated heterocycles. The zero-order valence-electron chi connectivity index (χ0n) is 16.0. The first kappa shape index (κ1) is 18.5. The number of carbonyl (C=O) groups is 1. The molecule has 1 fully saturated rings. The van der Waals surface area contributed by atoms with Crippen LogP contribution < -0.4 is 5.32 Å². The van der Waals surface area contributed by atoms with Gasteiger partial charge in [0.1, 0.15) is 5.82 Å². The largest absolute Gasteiger partial charge is 0.372 e. The van der Waals surface area contributed by atoms with Crippen molar-refractivity contribution in [3.05, 3.63) is 48.0 Å². The van der Waals surface area contributed by atoms with Crippen LogP contribution in [0.1, 0.15) is 45.0 Å². The molecule has 1 aromatic heterocycles. The van der Waals surface area contributed by atoms with Gasteiger partial charge in [-0.25, -0.2) is 9.78 Å². The van der Waals surface area contributed by atoms with Crippen LogP contribution in [0.15, 0.2) is 36.7 Å². The Hall–Kier alpha value is -2.34. The third-order valence-electron chi connectivity index (χ3n) is 4.50. The van der Waals surface area contributed by atoms with Gasteiger partial charge in [0.05, 0.1) is 12.2 Å². The minimum atomic E-state index is -0.0744. The highest BCUT2D eigenvalue weighted by molar-refractivity contribution is 5.89. The number of carbonyl (C=O) groups excluding carboxylic acids is 1. The van der Waals surface area contributed by atoms with Crippen LogP contribution in [0.25, 0.3) is 0 Å². The predicted molar refractivity (Wildman–Crippen MR) is 102 cm³/mol. The van der Waals surface area contributed by atoms with E-state index in [4.69, 9.17) is 4.74 Å². The summed E-state index contributed by atoms with van der Waals surface area (Å²) in [5, 5.41) is 3.02. The lowest BCUT2D eigenvalue weighted by Crippen LogP contribution is -2.49. The highest BCUT2D eigenvalue weighted by atomic mass is 16.5. The van der Waals surface area contributed by atoms with Crippen molar-refractivity contribution in [3.8, 4) is 0 Å². The normalized spacial score (nSPS) is 20.4. The molecule has 1 aromatic carbocycles. The predicted octanol–water partition coefficient (Wildman–Crippen LogP) is 3.70. The second-order valence-corrected chi connectivity index (χ2v) is 7.36. The summed E-state index contributed by atoms with van der Waals surface area (Å²) in [6.45, 7) is 10.2. The third kappa shape index (κ3) is 4.43. The summed E-state index contributed by atoms with van der Waals surface area (Å²) in [5.74, 6) is 1.44. The minimum absolute atomic E-state index is 0.0616. The highest BCUT2D eigenvalue weighted by Gasteiger charge is 2.25. The van der Waals surface area contributed by atoms with Gasteiger partial charge in [-0.2, -0.15) is 0 Å². The van der Waals surface area contributed by atoms with Crippen molar-refractivity contribution < 1.29 is 9.53 Å². The Balaban J connectivity index is 1.67. The molecular weight excluding hydrogens is 328 g/mol. The van der Waals surface area contributed by atoms with Crippen molar-refractivity contribution in [1.29, 1.82) is 0 Å². The van der Waals surface area contributed by atoms with Gasteiger partial charge in [0.25, 0.3) is 0 Å². The summed E-state index contributed by atoms with van der Waals surface area (Å²) in [5.41, 5.74) is 1.94. The second-order valence-electron chi connectivity index (χ2n) is 7.36. The SMILES string of the molecule is CC1CN(C(=O)Nc2cccc(Cn3ccnc3C(C)C)c2)CC(C)O1. The lowest BCUT2D eigenvalue weighted by molar-refractivity contribution is -0.0530. The molecule has 1 N–H and O–H groups in total. The van der Waals surface area contributed by atoms with E-state index in [1.165, 1.54) is 0 Å². The molecule has 0 spiro atoms. The van der Waals surface area contributed by atoms with Crippen LogP contribution >= 0.6 is 0 Å². The Labute approximate surface area is 155 Å². The van der Waals surface area contributed by atoms with Crippen LogP contribution in [0.2, 0.25) is 0 Å². The first-order valence-corrected chi connectivity index (χ1v) is 9.23. The van der Waals surface area contributed by atoms with E-state index in [0.717, 1.165) is 23.6 Å². The van der Waals surface area contributed by atoms with Crippen molar-refractivity contribution in [1.82, 2.24) is 14.5 Å². The molecular formula is C20H28N4O2. The molecule has 2 aromatic rings. The van der Waals surface area contributed by atoms with E-state index in [-0.39, 0.29) is 18.2 Å². The molecule has 1 aliphatic heterocycles. The van der Waals surface area contributed by atoms with E-state index in [1.54, 1.807) is 0 Å². The number of ether oxygens (including phenoxy) is 1. The summed E-state index contributed by atoms with van der Waals surface area (Å²) in [6.07, 6.45) is 3.96. The van der Waals surface area contributed by atoms with Crippen molar-refractivity contribution >= 4 is 11.7 Å². The molecule has 0 radical (unpaired) electrons. The molecule has 0 bridgehead atoms. The van der Waals surface area contributed by atoms with E-state index in [9.17, 15) is 4.79 Å². The molecule has 0 saturated carbocycles. The topological polar surface area (TPSA) is 59.4 Å². The Morgan fingerprint density at radius 1 is 1.31 bits per heavy atom. The minimum Gasteiger partial charge on any atom is -0.372 e. The number of hydrogen-bond donors (Lipinski definition) is 1. The third-order valence-corrected chi connectivity index (χ3v) is 4.50. The monoisotopic (exact) mass is 356 g/mol. The van der Waals surface area contributed by atoms with Gasteiger partial charge in [-0.3, -0.25) is 0 Å². The van der Waals surface area contributed by atoms with Gasteiger partial charge in [-0.05, 0) is 31.5 Å². The fraction of sp³-hybridized carbons (Fsp3) is 0.500. The number of benzene rings is 1. The van der Waals surface area contributed by atoms with Crippen molar-refractivity contribution in [3.63, 3.8) is 0 Å². The van der Waals surface area contributed by atoms with E-state index < -0.39 is 0 Å². The maximum atomic E-state index is 12.6. The highest BCUT2D eigenvalue weighted by Crippen LogP contribution is 2.18. The molecule has 2 amide bonds. The number of nitrogens with one attached hydrogen (secondary N) is 1.